The van der Waals surface area contributed by atoms with E-state index in [1.165, 1.54) is 0 Å². The minimum atomic E-state index is 1.01. The average Bonchev–Trinajstić information content (AvgIpc) is 2.41. The maximum Gasteiger partial charge on any atom is 0.106 e. The van der Waals surface area contributed by atoms with Gasteiger partial charge in [0.15, 0.2) is 0 Å². The largest absolute Gasteiger partial charge is 0.349 e. The molecule has 0 aliphatic carbocycles. The first-order chi connectivity index (χ1) is 4.93. The van der Waals surface area contributed by atoms with Crippen molar-refractivity contribution in [3.63, 3.8) is 0 Å². The van der Waals surface area contributed by atoms with Crippen molar-refractivity contribution >= 4 is 0 Å². The summed E-state index contributed by atoms with van der Waals surface area (Å²) in [5.41, 5.74) is 0. The number of hydrogen-bond donors (Lipinski definition) is 1. The third-order valence-corrected chi connectivity index (χ3v) is 1.34. The number of aromatic nitrogens is 2. The summed E-state index contributed by atoms with van der Waals surface area (Å²) in [4.78, 5) is 7.15. The summed E-state index contributed by atoms with van der Waals surface area (Å²) >= 11 is 0. The molecular formula is C8H12N2. The van der Waals surface area contributed by atoms with E-state index in [0.717, 1.165) is 18.7 Å². The molecule has 1 heterocycles. The maximum absolute atomic E-state index is 4.10. The van der Waals surface area contributed by atoms with E-state index in [4.69, 9.17) is 0 Å². The van der Waals surface area contributed by atoms with Crippen LogP contribution in [0, 0.1) is 0 Å². The van der Waals surface area contributed by atoms with Crippen molar-refractivity contribution < 1.29 is 0 Å². The number of imidazole rings is 1. The van der Waals surface area contributed by atoms with Gasteiger partial charge >= 0.3 is 0 Å². The molecule has 1 N–H and O–H groups in total. The van der Waals surface area contributed by atoms with Crippen LogP contribution >= 0.6 is 0 Å². The van der Waals surface area contributed by atoms with Crippen LogP contribution in [-0.2, 0) is 6.42 Å². The Kier molecular flexibility index (Phi) is 2.74. The fourth-order valence-corrected chi connectivity index (χ4v) is 0.821. The Hall–Kier alpha value is -1.05. The molecule has 1 aromatic rings. The normalized spacial score (nSPS) is 10.9. The molecular weight excluding hydrogens is 124 g/mol. The van der Waals surface area contributed by atoms with Gasteiger partial charge < -0.3 is 4.98 Å². The van der Waals surface area contributed by atoms with E-state index in [0.29, 0.717) is 0 Å². The van der Waals surface area contributed by atoms with E-state index in [1.807, 2.05) is 13.1 Å². The third kappa shape index (κ3) is 2.05. The van der Waals surface area contributed by atoms with E-state index < -0.39 is 0 Å². The Balaban J connectivity index is 2.28. The fourth-order valence-electron chi connectivity index (χ4n) is 0.821. The van der Waals surface area contributed by atoms with Crippen LogP contribution in [0.25, 0.3) is 0 Å². The highest BCUT2D eigenvalue weighted by atomic mass is 14.9. The molecule has 54 valence electrons. The first-order valence-electron chi connectivity index (χ1n) is 3.53. The zero-order valence-electron chi connectivity index (χ0n) is 6.17. The predicted molar refractivity (Wildman–Crippen MR) is 41.7 cm³/mol. The van der Waals surface area contributed by atoms with Gasteiger partial charge in [-0.05, 0) is 13.3 Å². The number of nitrogens with one attached hydrogen (secondary N) is 1. The van der Waals surface area contributed by atoms with Gasteiger partial charge in [0.25, 0.3) is 0 Å². The van der Waals surface area contributed by atoms with E-state index >= 15 is 0 Å². The van der Waals surface area contributed by atoms with Gasteiger partial charge in [0.05, 0.1) is 0 Å². The summed E-state index contributed by atoms with van der Waals surface area (Å²) < 4.78 is 0. The van der Waals surface area contributed by atoms with Crippen molar-refractivity contribution in [2.75, 3.05) is 0 Å². The van der Waals surface area contributed by atoms with E-state index in [-0.39, 0.29) is 0 Å². The molecule has 0 saturated carbocycles. The van der Waals surface area contributed by atoms with Gasteiger partial charge in [0.2, 0.25) is 0 Å². The highest BCUT2D eigenvalue weighted by Gasteiger charge is 1.89. The summed E-state index contributed by atoms with van der Waals surface area (Å²) in [6.45, 7) is 2.03. The topological polar surface area (TPSA) is 28.7 Å². The second kappa shape index (κ2) is 3.88. The van der Waals surface area contributed by atoms with Crippen LogP contribution < -0.4 is 0 Å². The number of rotatable bonds is 3. The van der Waals surface area contributed by atoms with Gasteiger partial charge in [0, 0.05) is 18.8 Å². The van der Waals surface area contributed by atoms with Gasteiger partial charge in [-0.1, -0.05) is 12.2 Å². The monoisotopic (exact) mass is 136 g/mol. The number of aromatic amines is 1. The Morgan fingerprint density at radius 2 is 2.60 bits per heavy atom. The van der Waals surface area contributed by atoms with Crippen LogP contribution in [-0.4, -0.2) is 9.97 Å². The van der Waals surface area contributed by atoms with Crippen LogP contribution in [0.15, 0.2) is 24.5 Å². The molecule has 0 atom stereocenters. The molecule has 0 radical (unpaired) electrons. The van der Waals surface area contributed by atoms with Crippen molar-refractivity contribution in [3.05, 3.63) is 30.4 Å². The molecule has 0 amide bonds. The van der Waals surface area contributed by atoms with Crippen molar-refractivity contribution in [2.45, 2.75) is 19.8 Å². The molecule has 1 aromatic heterocycles. The lowest BCUT2D eigenvalue weighted by Gasteiger charge is -1.88. The lowest BCUT2D eigenvalue weighted by molar-refractivity contribution is 0.909. The van der Waals surface area contributed by atoms with Gasteiger partial charge in [-0.15, -0.1) is 0 Å². The quantitative estimate of drug-likeness (QED) is 0.632. The smallest absolute Gasteiger partial charge is 0.106 e. The lowest BCUT2D eigenvalue weighted by atomic mass is 10.3. The van der Waals surface area contributed by atoms with E-state index in [1.54, 1.807) is 6.20 Å². The molecule has 0 aromatic carbocycles. The second-order valence-corrected chi connectivity index (χ2v) is 2.14. The number of allylic oxidation sites excluding steroid dienone is 2. The first kappa shape index (κ1) is 7.06. The second-order valence-electron chi connectivity index (χ2n) is 2.14. The molecule has 1 rings (SSSR count). The van der Waals surface area contributed by atoms with Crippen molar-refractivity contribution in [1.82, 2.24) is 9.97 Å². The van der Waals surface area contributed by atoms with E-state index in [9.17, 15) is 0 Å². The summed E-state index contributed by atoms with van der Waals surface area (Å²) in [6, 6.07) is 0. The highest BCUT2D eigenvalue weighted by molar-refractivity contribution is 4.90. The van der Waals surface area contributed by atoms with Crippen LogP contribution in [0.4, 0.5) is 0 Å². The van der Waals surface area contributed by atoms with Crippen LogP contribution in [0.1, 0.15) is 19.2 Å². The average molecular weight is 136 g/mol. The molecule has 0 aliphatic heterocycles. The molecule has 2 nitrogen and oxygen atoms in total. The Bertz CT molecular complexity index is 187. The SMILES string of the molecule is CC=CCCc1ncc[nH]1. The summed E-state index contributed by atoms with van der Waals surface area (Å²) in [5.74, 6) is 1.07. The van der Waals surface area contributed by atoms with Crippen molar-refractivity contribution in [3.8, 4) is 0 Å². The van der Waals surface area contributed by atoms with Crippen LogP contribution in [0.2, 0.25) is 0 Å². The molecule has 0 spiro atoms. The predicted octanol–water partition coefficient (Wildman–Crippen LogP) is 1.92. The van der Waals surface area contributed by atoms with Gasteiger partial charge in [-0.3, -0.25) is 0 Å². The third-order valence-electron chi connectivity index (χ3n) is 1.34. The molecule has 2 heteroatoms. The molecule has 0 aliphatic rings. The van der Waals surface area contributed by atoms with Crippen LogP contribution in [0.3, 0.4) is 0 Å². The first-order valence-corrected chi connectivity index (χ1v) is 3.53. The van der Waals surface area contributed by atoms with Crippen LogP contribution in [0.5, 0.6) is 0 Å². The molecule has 0 unspecified atom stereocenters. The number of H-pyrrole nitrogens is 1. The molecule has 10 heavy (non-hydrogen) atoms. The molecule has 0 saturated heterocycles. The Labute approximate surface area is 61.0 Å². The van der Waals surface area contributed by atoms with Crippen molar-refractivity contribution in [1.29, 1.82) is 0 Å². The zero-order valence-corrected chi connectivity index (χ0v) is 6.17. The zero-order chi connectivity index (χ0) is 7.23. The number of hydrogen-bond acceptors (Lipinski definition) is 1. The highest BCUT2D eigenvalue weighted by Crippen LogP contribution is 1.94. The minimum Gasteiger partial charge on any atom is -0.349 e. The Morgan fingerprint density at radius 1 is 1.70 bits per heavy atom. The summed E-state index contributed by atoms with van der Waals surface area (Å²) in [7, 11) is 0. The maximum atomic E-state index is 4.10. The van der Waals surface area contributed by atoms with Crippen molar-refractivity contribution in [2.24, 2.45) is 0 Å². The fraction of sp³-hybridized carbons (Fsp3) is 0.375. The standard InChI is InChI=1S/C8H12N2/c1-2-3-4-5-8-9-6-7-10-8/h2-3,6-7H,4-5H2,1H3,(H,9,10). The molecule has 0 bridgehead atoms. The van der Waals surface area contributed by atoms with Gasteiger partial charge in [0.1, 0.15) is 5.82 Å². The van der Waals surface area contributed by atoms with Gasteiger partial charge in [-0.25, -0.2) is 4.98 Å². The molecule has 0 fully saturated rings. The minimum absolute atomic E-state index is 1.01. The van der Waals surface area contributed by atoms with E-state index in [2.05, 4.69) is 22.1 Å². The lowest BCUT2D eigenvalue weighted by Crippen LogP contribution is -1.84. The number of nitrogens with zero attached hydrogens (tertiary/aromatic N) is 1. The summed E-state index contributed by atoms with van der Waals surface area (Å²) in [6.07, 6.45) is 9.92. The van der Waals surface area contributed by atoms with Gasteiger partial charge in [-0.2, -0.15) is 0 Å². The number of aryl methyl sites for hydroxylation is 1. The summed E-state index contributed by atoms with van der Waals surface area (Å²) in [5, 5.41) is 0. The Morgan fingerprint density at radius 3 is 3.20 bits per heavy atom.